The third-order valence-electron chi connectivity index (χ3n) is 10.1. The van der Waals surface area contributed by atoms with Crippen molar-refractivity contribution >= 4 is 66.4 Å². The maximum atomic E-state index is 8.88. The Morgan fingerprint density at radius 3 is 1.95 bits per heavy atom. The van der Waals surface area contributed by atoms with E-state index in [-0.39, 0.29) is 25.7 Å². The molecule has 0 atom stereocenters. The number of benzene rings is 6. The molecule has 0 saturated carbocycles. The first-order chi connectivity index (χ1) is 31.0. The average molecular weight is 981 g/mol. The SMILES string of the molecule is [2H]C([2H])([2H])c1c[c-]c(-c2cc(C([2H])([2H])c3ccccc3)c([Si](C)(C)C)cn2)cc1.[2H]C([2H])(c1ccccc1)c1ccnc(-c2[c-]nc3sc4c5ccccc5c5ccccc5c4c3c2)c1.[Ir]. The number of aryl methyl sites for hydroxylation is 1. The summed E-state index contributed by atoms with van der Waals surface area (Å²) in [6.07, 6.45) is 3.31. The molecular weight excluding hydrogens is 931 g/mol. The molecule has 291 valence electrons. The Labute approximate surface area is 375 Å². The second-order valence-corrected chi connectivity index (χ2v) is 21.2. The van der Waals surface area contributed by atoms with Gasteiger partial charge in [0.05, 0.1) is 8.07 Å². The van der Waals surface area contributed by atoms with Gasteiger partial charge < -0.3 is 15.0 Å². The smallest absolute Gasteiger partial charge is 0.0799 e. The van der Waals surface area contributed by atoms with Gasteiger partial charge in [-0.2, -0.15) is 11.3 Å². The number of aromatic nitrogens is 3. The Bertz CT molecular complexity index is 3360. The minimum absolute atomic E-state index is 0. The molecule has 6 heteroatoms. The van der Waals surface area contributed by atoms with Crippen molar-refractivity contribution in [2.75, 3.05) is 0 Å². The molecule has 10 aromatic rings. The van der Waals surface area contributed by atoms with Crippen LogP contribution in [-0.4, -0.2) is 23.0 Å². The van der Waals surface area contributed by atoms with Crippen LogP contribution in [0.15, 0.2) is 164 Å². The number of rotatable bonds is 7. The number of hydrogen-bond acceptors (Lipinski definition) is 4. The third-order valence-corrected chi connectivity index (χ3v) is 13.2. The second kappa shape index (κ2) is 17.3. The first kappa shape index (κ1) is 32.3. The Kier molecular flexibility index (Phi) is 9.46. The van der Waals surface area contributed by atoms with E-state index < -0.39 is 27.7 Å². The van der Waals surface area contributed by atoms with Crippen LogP contribution < -0.4 is 5.19 Å². The normalized spacial score (nSPS) is 13.8. The van der Waals surface area contributed by atoms with Crippen molar-refractivity contribution in [1.82, 2.24) is 15.0 Å². The van der Waals surface area contributed by atoms with E-state index in [4.69, 9.17) is 14.6 Å². The molecule has 6 aromatic carbocycles. The summed E-state index contributed by atoms with van der Waals surface area (Å²) in [6, 6.07) is 50.6. The zero-order valence-corrected chi connectivity index (χ0v) is 36.9. The first-order valence-electron chi connectivity index (χ1n) is 22.7. The molecule has 0 aliphatic rings. The van der Waals surface area contributed by atoms with E-state index in [2.05, 4.69) is 96.5 Å². The van der Waals surface area contributed by atoms with E-state index in [9.17, 15) is 0 Å². The van der Waals surface area contributed by atoms with Crippen LogP contribution in [0.1, 0.15) is 37.4 Å². The van der Waals surface area contributed by atoms with Crippen LogP contribution in [0.3, 0.4) is 0 Å². The molecule has 0 unspecified atom stereocenters. The molecule has 4 aromatic heterocycles. The Hall–Kier alpha value is -5.62. The van der Waals surface area contributed by atoms with Gasteiger partial charge in [0, 0.05) is 51.6 Å². The van der Waals surface area contributed by atoms with Crippen LogP contribution in [0.4, 0.5) is 0 Å². The quantitative estimate of drug-likeness (QED) is 0.0907. The Morgan fingerprint density at radius 1 is 0.627 bits per heavy atom. The van der Waals surface area contributed by atoms with Crippen LogP contribution in [-0.2, 0) is 32.9 Å². The van der Waals surface area contributed by atoms with E-state index >= 15 is 0 Å². The van der Waals surface area contributed by atoms with Crippen LogP contribution >= 0.6 is 11.3 Å². The van der Waals surface area contributed by atoms with Gasteiger partial charge in [-0.1, -0.05) is 159 Å². The summed E-state index contributed by atoms with van der Waals surface area (Å²) >= 11 is 1.69. The van der Waals surface area contributed by atoms with Gasteiger partial charge in [0.15, 0.2) is 0 Å². The maximum Gasteiger partial charge on any atom is 0.0799 e. The molecule has 3 nitrogen and oxygen atoms in total. The zero-order chi connectivity index (χ0) is 45.7. The van der Waals surface area contributed by atoms with Gasteiger partial charge in [-0.3, -0.25) is 0 Å². The summed E-state index contributed by atoms with van der Waals surface area (Å²) in [5, 5.41) is 8.14. The summed E-state index contributed by atoms with van der Waals surface area (Å²) in [5.74, 6) is 0. The molecule has 0 aliphatic carbocycles. The van der Waals surface area contributed by atoms with Crippen molar-refractivity contribution < 1.29 is 29.7 Å². The van der Waals surface area contributed by atoms with Gasteiger partial charge in [-0.05, 0) is 85.2 Å². The van der Waals surface area contributed by atoms with Crippen LogP contribution in [0.2, 0.25) is 19.6 Å². The molecule has 0 aliphatic heterocycles. The standard InChI is InChI=1S/C31H19N2S.C22H24NSi.Ir/c1-2-8-20(9-3-1)16-21-14-15-32-28(17-21)22-18-27-29-25-12-6-4-10-23(25)24-11-5-7-13-26(24)30(29)34-31(27)33-19-22;1-17-10-12-19(13-11-17)21-15-20(14-18-8-6-5-7-9-18)22(16-23-21)24(2,3)4;/h1-15,17-18H,16H2;5-12,15-16H,14H2,1-4H3;/q2*-1;/i16D2;1D3,14D2;. The molecule has 0 saturated heterocycles. The fraction of sp³-hybridized carbons (Fsp3) is 0.113. The predicted molar refractivity (Wildman–Crippen MR) is 249 cm³/mol. The molecule has 0 fully saturated rings. The van der Waals surface area contributed by atoms with E-state index in [1.807, 2.05) is 54.6 Å². The van der Waals surface area contributed by atoms with Crippen LogP contribution in [0, 0.1) is 19.1 Å². The molecule has 4 heterocycles. The second-order valence-electron chi connectivity index (χ2n) is 15.2. The van der Waals surface area contributed by atoms with Gasteiger partial charge in [-0.25, -0.2) is 0 Å². The van der Waals surface area contributed by atoms with Gasteiger partial charge in [0.25, 0.3) is 0 Å². The van der Waals surface area contributed by atoms with Gasteiger partial charge in [-0.15, -0.1) is 47.0 Å². The number of thiophene rings is 1. The Balaban J connectivity index is 0.000000182. The van der Waals surface area contributed by atoms with Crippen molar-refractivity contribution in [3.63, 3.8) is 0 Å². The van der Waals surface area contributed by atoms with Crippen molar-refractivity contribution in [2.45, 2.75) is 39.2 Å². The summed E-state index contributed by atoms with van der Waals surface area (Å²) in [4.78, 5) is 14.8. The number of fused-ring (bicyclic) bond motifs is 8. The number of pyridine rings is 3. The van der Waals surface area contributed by atoms with Gasteiger partial charge in [0.1, 0.15) is 0 Å². The van der Waals surface area contributed by atoms with Gasteiger partial charge in [0.2, 0.25) is 0 Å². The largest absolute Gasteiger partial charge is 0.341 e. The molecule has 0 spiro atoms. The topological polar surface area (TPSA) is 38.7 Å². The maximum absolute atomic E-state index is 8.88. The predicted octanol–water partition coefficient (Wildman–Crippen LogP) is 13.2. The molecule has 0 amide bonds. The molecular formula is C53H43IrN3SSi-2. The zero-order valence-electron chi connectivity index (χ0n) is 39.7. The van der Waals surface area contributed by atoms with Crippen LogP contribution in [0.25, 0.3) is 64.4 Å². The fourth-order valence-electron chi connectivity index (χ4n) is 7.29. The minimum Gasteiger partial charge on any atom is -0.341 e. The van der Waals surface area contributed by atoms with Crippen LogP contribution in [0.5, 0.6) is 0 Å². The van der Waals surface area contributed by atoms with Crippen molar-refractivity contribution in [1.29, 1.82) is 0 Å². The molecule has 1 radical (unpaired) electrons. The Morgan fingerprint density at radius 2 is 1.27 bits per heavy atom. The van der Waals surface area contributed by atoms with Crippen molar-refractivity contribution in [2.24, 2.45) is 0 Å². The van der Waals surface area contributed by atoms with Crippen molar-refractivity contribution in [3.05, 3.63) is 204 Å². The summed E-state index contributed by atoms with van der Waals surface area (Å²) in [7, 11) is -1.87. The van der Waals surface area contributed by atoms with E-state index in [0.29, 0.717) is 39.2 Å². The fourth-order valence-corrected chi connectivity index (χ4v) is 9.85. The molecule has 59 heavy (non-hydrogen) atoms. The summed E-state index contributed by atoms with van der Waals surface area (Å²) in [6.45, 7) is 4.34. The third kappa shape index (κ3) is 8.59. The molecule has 0 N–H and O–H groups in total. The van der Waals surface area contributed by atoms with Gasteiger partial charge >= 0.3 is 0 Å². The van der Waals surface area contributed by atoms with E-state index in [1.54, 1.807) is 60.1 Å². The molecule has 0 bridgehead atoms. The summed E-state index contributed by atoms with van der Waals surface area (Å²) in [5.41, 5.74) is 5.24. The first-order valence-corrected chi connectivity index (χ1v) is 23.5. The molecule has 10 rings (SSSR count). The van der Waals surface area contributed by atoms with E-state index in [0.717, 1.165) is 21.0 Å². The summed E-state index contributed by atoms with van der Waals surface area (Å²) < 4.78 is 59.0. The van der Waals surface area contributed by atoms with E-state index in [1.165, 1.54) is 37.7 Å². The minimum atomic E-state index is -2.18. The van der Waals surface area contributed by atoms with Crippen molar-refractivity contribution in [3.8, 4) is 22.5 Å². The monoisotopic (exact) mass is 981 g/mol. The number of nitrogens with zero attached hydrogens (tertiary/aromatic N) is 3. The average Bonchev–Trinajstić information content (AvgIpc) is 3.71. The number of hydrogen-bond donors (Lipinski definition) is 0.